The minimum absolute atomic E-state index is 0.0438. The molecule has 0 atom stereocenters. The highest BCUT2D eigenvalue weighted by atomic mass is 19.4. The van der Waals surface area contributed by atoms with Crippen LogP contribution in [0.3, 0.4) is 0 Å². The number of ether oxygens (including phenoxy) is 2. The van der Waals surface area contributed by atoms with Crippen molar-refractivity contribution in [2.75, 3.05) is 19.8 Å². The van der Waals surface area contributed by atoms with Crippen molar-refractivity contribution in [3.8, 4) is 23.3 Å². The van der Waals surface area contributed by atoms with E-state index in [9.17, 15) is 17.6 Å². The zero-order valence-corrected chi connectivity index (χ0v) is 16.5. The molecular formula is C22H23F4NO3. The zero-order valence-electron chi connectivity index (χ0n) is 16.5. The molecule has 0 aliphatic rings. The fraction of sp³-hybridized carbons (Fsp3) is 0.364. The van der Waals surface area contributed by atoms with Crippen LogP contribution in [0, 0.1) is 17.7 Å². The summed E-state index contributed by atoms with van der Waals surface area (Å²) in [6.45, 7) is 2.68. The second-order valence-corrected chi connectivity index (χ2v) is 6.30. The molecule has 30 heavy (non-hydrogen) atoms. The highest BCUT2D eigenvalue weighted by molar-refractivity contribution is 5.40. The third-order valence-corrected chi connectivity index (χ3v) is 4.04. The first-order valence-electron chi connectivity index (χ1n) is 9.30. The van der Waals surface area contributed by atoms with Crippen molar-refractivity contribution in [1.29, 1.82) is 0 Å². The second-order valence-electron chi connectivity index (χ2n) is 6.30. The van der Waals surface area contributed by atoms with Crippen LogP contribution in [0.2, 0.25) is 0 Å². The summed E-state index contributed by atoms with van der Waals surface area (Å²) in [4.78, 5) is 0. The number of aliphatic hydroxyl groups is 1. The third-order valence-electron chi connectivity index (χ3n) is 4.04. The van der Waals surface area contributed by atoms with Gasteiger partial charge in [-0.15, -0.1) is 11.8 Å². The van der Waals surface area contributed by atoms with Gasteiger partial charge < -0.3 is 19.9 Å². The molecular weight excluding hydrogens is 402 g/mol. The van der Waals surface area contributed by atoms with E-state index >= 15 is 0 Å². The second kappa shape index (κ2) is 11.4. The molecule has 0 aromatic heterocycles. The number of nitrogens with one attached hydrogen (secondary N) is 1. The predicted octanol–water partition coefficient (Wildman–Crippen LogP) is 4.30. The normalized spacial score (nSPS) is 11.0. The van der Waals surface area contributed by atoms with E-state index in [1.165, 1.54) is 6.07 Å². The fourth-order valence-corrected chi connectivity index (χ4v) is 2.61. The summed E-state index contributed by atoms with van der Waals surface area (Å²) in [5.74, 6) is 5.40. The summed E-state index contributed by atoms with van der Waals surface area (Å²) >= 11 is 0. The van der Waals surface area contributed by atoms with Gasteiger partial charge in [0.25, 0.3) is 0 Å². The molecule has 162 valence electrons. The van der Waals surface area contributed by atoms with Crippen LogP contribution in [0.5, 0.6) is 11.5 Å². The molecule has 2 aromatic carbocycles. The van der Waals surface area contributed by atoms with Gasteiger partial charge in [-0.2, -0.15) is 13.2 Å². The molecule has 0 radical (unpaired) electrons. The Labute approximate surface area is 172 Å². The zero-order chi connectivity index (χ0) is 22.0. The summed E-state index contributed by atoms with van der Waals surface area (Å²) < 4.78 is 63.5. The van der Waals surface area contributed by atoms with E-state index in [-0.39, 0.29) is 18.8 Å². The molecule has 0 aliphatic heterocycles. The number of alkyl halides is 3. The van der Waals surface area contributed by atoms with Gasteiger partial charge in [0.15, 0.2) is 0 Å². The van der Waals surface area contributed by atoms with Crippen LogP contribution in [0.25, 0.3) is 0 Å². The molecule has 2 N–H and O–H groups in total. The maximum Gasteiger partial charge on any atom is 0.419 e. The van der Waals surface area contributed by atoms with Gasteiger partial charge in [-0.3, -0.25) is 0 Å². The molecule has 0 saturated heterocycles. The van der Waals surface area contributed by atoms with E-state index in [1.54, 1.807) is 25.1 Å². The smallest absolute Gasteiger partial charge is 0.419 e. The fourth-order valence-electron chi connectivity index (χ4n) is 2.61. The van der Waals surface area contributed by atoms with Crippen LogP contribution in [-0.2, 0) is 19.3 Å². The monoisotopic (exact) mass is 425 g/mol. The minimum atomic E-state index is -4.78. The van der Waals surface area contributed by atoms with Crippen LogP contribution in [0.1, 0.15) is 30.0 Å². The Morgan fingerprint density at radius 2 is 1.90 bits per heavy atom. The van der Waals surface area contributed by atoms with E-state index < -0.39 is 17.6 Å². The molecule has 0 unspecified atom stereocenters. The molecule has 0 bridgehead atoms. The molecule has 0 heterocycles. The summed E-state index contributed by atoms with van der Waals surface area (Å²) in [7, 11) is 0. The first-order valence-corrected chi connectivity index (χ1v) is 9.30. The Morgan fingerprint density at radius 3 is 2.60 bits per heavy atom. The number of hydrogen-bond acceptors (Lipinski definition) is 4. The van der Waals surface area contributed by atoms with Crippen LogP contribution in [0.4, 0.5) is 17.6 Å². The summed E-state index contributed by atoms with van der Waals surface area (Å²) in [5.41, 5.74) is -0.426. The lowest BCUT2D eigenvalue weighted by Crippen LogP contribution is -2.18. The van der Waals surface area contributed by atoms with E-state index in [4.69, 9.17) is 14.6 Å². The predicted molar refractivity (Wildman–Crippen MR) is 105 cm³/mol. The Balaban J connectivity index is 2.13. The summed E-state index contributed by atoms with van der Waals surface area (Å²) in [5, 5.41) is 12.0. The number of rotatable bonds is 10. The standard InChI is InChI=1S/C22H23F4NO3/c1-2-3-4-11-29-18-6-8-21(17(13-18)14-27-9-10-28)30-15-16-5-7-20(23)19(12-16)22(24,25)26/h5-8,12-13,27-28H,4,9-11,14-15H2,1H3. The van der Waals surface area contributed by atoms with Crippen LogP contribution >= 0.6 is 0 Å². The molecule has 0 amide bonds. The lowest BCUT2D eigenvalue weighted by atomic mass is 10.1. The van der Waals surface area contributed by atoms with Crippen molar-refractivity contribution in [3.05, 3.63) is 58.9 Å². The number of aliphatic hydroxyl groups excluding tert-OH is 1. The topological polar surface area (TPSA) is 50.7 Å². The molecule has 0 spiro atoms. The first-order chi connectivity index (χ1) is 14.3. The van der Waals surface area contributed by atoms with Crippen molar-refractivity contribution in [2.24, 2.45) is 0 Å². The van der Waals surface area contributed by atoms with Gasteiger partial charge >= 0.3 is 6.18 Å². The maximum absolute atomic E-state index is 13.4. The van der Waals surface area contributed by atoms with Gasteiger partial charge in [0.05, 0.1) is 18.8 Å². The van der Waals surface area contributed by atoms with Gasteiger partial charge in [0.1, 0.15) is 23.9 Å². The Morgan fingerprint density at radius 1 is 1.10 bits per heavy atom. The lowest BCUT2D eigenvalue weighted by Gasteiger charge is -2.15. The molecule has 0 fully saturated rings. The van der Waals surface area contributed by atoms with Crippen LogP contribution in [-0.4, -0.2) is 24.9 Å². The SMILES string of the molecule is CC#CCCOc1ccc(OCc2ccc(F)c(C(F)(F)F)c2)c(CNCCO)c1. The van der Waals surface area contributed by atoms with E-state index in [0.29, 0.717) is 43.2 Å². The Bertz CT molecular complexity index is 888. The van der Waals surface area contributed by atoms with Gasteiger partial charge in [-0.1, -0.05) is 6.07 Å². The van der Waals surface area contributed by atoms with Crippen molar-refractivity contribution >= 4 is 0 Å². The van der Waals surface area contributed by atoms with E-state index in [1.807, 2.05) is 0 Å². The molecule has 2 rings (SSSR count). The van der Waals surface area contributed by atoms with Gasteiger partial charge in [-0.05, 0) is 42.8 Å². The number of benzene rings is 2. The minimum Gasteiger partial charge on any atom is -0.493 e. The summed E-state index contributed by atoms with van der Waals surface area (Å²) in [6.07, 6.45) is -4.19. The van der Waals surface area contributed by atoms with Gasteiger partial charge in [-0.25, -0.2) is 4.39 Å². The quantitative estimate of drug-likeness (QED) is 0.339. The lowest BCUT2D eigenvalue weighted by molar-refractivity contribution is -0.140. The molecule has 8 heteroatoms. The van der Waals surface area contributed by atoms with Crippen molar-refractivity contribution in [1.82, 2.24) is 5.32 Å². The van der Waals surface area contributed by atoms with E-state index in [2.05, 4.69) is 17.2 Å². The average Bonchev–Trinajstić information content (AvgIpc) is 2.71. The molecule has 0 saturated carbocycles. The Hall–Kier alpha value is -2.76. The molecule has 2 aromatic rings. The molecule has 4 nitrogen and oxygen atoms in total. The summed E-state index contributed by atoms with van der Waals surface area (Å²) in [6, 6.07) is 7.87. The van der Waals surface area contributed by atoms with Crippen molar-refractivity contribution in [2.45, 2.75) is 32.7 Å². The number of halogens is 4. The highest BCUT2D eigenvalue weighted by Gasteiger charge is 2.34. The van der Waals surface area contributed by atoms with Gasteiger partial charge in [0, 0.05) is 25.1 Å². The van der Waals surface area contributed by atoms with Crippen LogP contribution < -0.4 is 14.8 Å². The maximum atomic E-state index is 13.4. The Kier molecular flexibility index (Phi) is 8.96. The van der Waals surface area contributed by atoms with Crippen molar-refractivity contribution < 1.29 is 32.1 Å². The first kappa shape index (κ1) is 23.5. The molecule has 0 aliphatic carbocycles. The largest absolute Gasteiger partial charge is 0.493 e. The third kappa shape index (κ3) is 7.25. The highest BCUT2D eigenvalue weighted by Crippen LogP contribution is 2.32. The van der Waals surface area contributed by atoms with Gasteiger partial charge in [0.2, 0.25) is 0 Å². The number of hydrogen-bond donors (Lipinski definition) is 2. The van der Waals surface area contributed by atoms with Crippen LogP contribution in [0.15, 0.2) is 36.4 Å². The van der Waals surface area contributed by atoms with Crippen molar-refractivity contribution in [3.63, 3.8) is 0 Å². The van der Waals surface area contributed by atoms with E-state index in [0.717, 1.165) is 12.1 Å². The average molecular weight is 425 g/mol.